The number of alkyl halides is 1. The van der Waals surface area contributed by atoms with Crippen LogP contribution >= 0.6 is 11.6 Å². The minimum atomic E-state index is -2.96. The first kappa shape index (κ1) is 11.9. The maximum Gasteiger partial charge on any atom is 0.151 e. The summed E-state index contributed by atoms with van der Waals surface area (Å²) in [5.74, 6) is 0.333. The molecular formula is C7H13ClO3S. The van der Waals surface area contributed by atoms with Crippen LogP contribution in [-0.2, 0) is 14.6 Å². The summed E-state index contributed by atoms with van der Waals surface area (Å²) in [5, 5.41) is 0. The molecule has 72 valence electrons. The van der Waals surface area contributed by atoms with Crippen molar-refractivity contribution in [2.45, 2.75) is 19.3 Å². The molecule has 0 unspecified atom stereocenters. The Kier molecular flexibility index (Phi) is 6.38. The first-order valence-electron chi connectivity index (χ1n) is 3.82. The quantitative estimate of drug-likeness (QED) is 0.360. The third-order valence-corrected chi connectivity index (χ3v) is 3.57. The maximum absolute atomic E-state index is 11.0. The standard InChI is InChI=1S/C7H13ClO3S/c8-4-7-12(10,11)6-3-1-2-5-9/h5H,1-4,6-7H2. The molecule has 0 fully saturated rings. The molecule has 12 heavy (non-hydrogen) atoms. The molecule has 3 nitrogen and oxygen atoms in total. The number of unbranched alkanes of at least 4 members (excludes halogenated alkanes) is 2. The van der Waals surface area contributed by atoms with Gasteiger partial charge in [0.15, 0.2) is 9.84 Å². The number of rotatable bonds is 7. The second-order valence-electron chi connectivity index (χ2n) is 2.50. The highest BCUT2D eigenvalue weighted by molar-refractivity contribution is 7.91. The van der Waals surface area contributed by atoms with Gasteiger partial charge in [-0.25, -0.2) is 8.42 Å². The molecule has 0 spiro atoms. The Labute approximate surface area is 78.0 Å². The molecule has 0 rings (SSSR count). The largest absolute Gasteiger partial charge is 0.303 e. The molecule has 0 heterocycles. The molecule has 0 radical (unpaired) electrons. The molecule has 0 N–H and O–H groups in total. The fourth-order valence-electron chi connectivity index (χ4n) is 0.769. The molecule has 5 heteroatoms. The van der Waals surface area contributed by atoms with E-state index in [0.717, 1.165) is 6.29 Å². The van der Waals surface area contributed by atoms with E-state index in [1.165, 1.54) is 0 Å². The van der Waals surface area contributed by atoms with Crippen LogP contribution in [0.2, 0.25) is 0 Å². The number of carbonyl (C=O) groups is 1. The maximum atomic E-state index is 11.0. The van der Waals surface area contributed by atoms with Crippen LogP contribution in [0.25, 0.3) is 0 Å². The monoisotopic (exact) mass is 212 g/mol. The van der Waals surface area contributed by atoms with Crippen LogP contribution in [0.1, 0.15) is 19.3 Å². The van der Waals surface area contributed by atoms with Crippen molar-refractivity contribution in [2.75, 3.05) is 17.4 Å². The van der Waals surface area contributed by atoms with E-state index in [-0.39, 0.29) is 17.4 Å². The topological polar surface area (TPSA) is 51.2 Å². The third-order valence-electron chi connectivity index (χ3n) is 1.42. The predicted molar refractivity (Wildman–Crippen MR) is 49.3 cm³/mol. The van der Waals surface area contributed by atoms with E-state index in [1.807, 2.05) is 0 Å². The Hall–Kier alpha value is -0.0900. The number of aldehydes is 1. The van der Waals surface area contributed by atoms with Crippen molar-refractivity contribution in [2.24, 2.45) is 0 Å². The fourth-order valence-corrected chi connectivity index (χ4v) is 2.56. The molecule has 0 aromatic carbocycles. The van der Waals surface area contributed by atoms with Gasteiger partial charge in [0.2, 0.25) is 0 Å². The number of hydrogen-bond acceptors (Lipinski definition) is 3. The molecule has 0 aromatic heterocycles. The van der Waals surface area contributed by atoms with E-state index < -0.39 is 9.84 Å². The van der Waals surface area contributed by atoms with Crippen LogP contribution in [0.3, 0.4) is 0 Å². The van der Waals surface area contributed by atoms with Crippen molar-refractivity contribution < 1.29 is 13.2 Å². The lowest BCUT2D eigenvalue weighted by Crippen LogP contribution is -2.11. The lowest BCUT2D eigenvalue weighted by atomic mass is 10.3. The van der Waals surface area contributed by atoms with Gasteiger partial charge in [0.1, 0.15) is 6.29 Å². The normalized spacial score (nSPS) is 11.4. The van der Waals surface area contributed by atoms with Crippen molar-refractivity contribution in [3.63, 3.8) is 0 Å². The summed E-state index contributed by atoms with van der Waals surface area (Å²) in [7, 11) is -2.96. The molecule has 0 saturated carbocycles. The number of carbonyl (C=O) groups excluding carboxylic acids is 1. The van der Waals surface area contributed by atoms with Gasteiger partial charge in [-0.2, -0.15) is 0 Å². The van der Waals surface area contributed by atoms with E-state index in [4.69, 9.17) is 11.6 Å². The SMILES string of the molecule is O=CCCCCS(=O)(=O)CCCl. The summed E-state index contributed by atoms with van der Waals surface area (Å²) in [6, 6.07) is 0. The second kappa shape index (κ2) is 6.43. The fraction of sp³-hybridized carbons (Fsp3) is 0.857. The molecule has 0 aliphatic carbocycles. The van der Waals surface area contributed by atoms with Crippen molar-refractivity contribution in [3.05, 3.63) is 0 Å². The first-order chi connectivity index (χ1) is 5.62. The van der Waals surface area contributed by atoms with E-state index in [0.29, 0.717) is 19.3 Å². The van der Waals surface area contributed by atoms with Gasteiger partial charge in [-0.05, 0) is 12.8 Å². The highest BCUT2D eigenvalue weighted by Gasteiger charge is 2.08. The molecule has 0 aliphatic heterocycles. The van der Waals surface area contributed by atoms with Crippen molar-refractivity contribution in [3.8, 4) is 0 Å². The van der Waals surface area contributed by atoms with Crippen LogP contribution in [-0.4, -0.2) is 32.1 Å². The van der Waals surface area contributed by atoms with Crippen molar-refractivity contribution in [1.29, 1.82) is 0 Å². The average Bonchev–Trinajstić information content (AvgIpc) is 1.98. The van der Waals surface area contributed by atoms with Gasteiger partial charge in [-0.15, -0.1) is 11.6 Å². The molecule has 0 bridgehead atoms. The molecule has 0 atom stereocenters. The van der Waals surface area contributed by atoms with Gasteiger partial charge in [-0.1, -0.05) is 0 Å². The minimum absolute atomic E-state index is 0.0373. The summed E-state index contributed by atoms with van der Waals surface area (Å²) < 4.78 is 22.0. The van der Waals surface area contributed by atoms with Crippen LogP contribution < -0.4 is 0 Å². The summed E-state index contributed by atoms with van der Waals surface area (Å²) >= 11 is 5.29. The van der Waals surface area contributed by atoms with Gasteiger partial charge >= 0.3 is 0 Å². The molecule has 0 saturated heterocycles. The summed E-state index contributed by atoms with van der Waals surface area (Å²) in [6.07, 6.45) is 2.44. The van der Waals surface area contributed by atoms with Crippen LogP contribution in [0, 0.1) is 0 Å². The summed E-state index contributed by atoms with van der Waals surface area (Å²) in [4.78, 5) is 9.88. The zero-order valence-electron chi connectivity index (χ0n) is 6.83. The second-order valence-corrected chi connectivity index (χ2v) is 5.18. The van der Waals surface area contributed by atoms with Crippen molar-refractivity contribution >= 4 is 27.7 Å². The molecule has 0 aliphatic rings. The Balaban J connectivity index is 3.54. The Morgan fingerprint density at radius 3 is 2.33 bits per heavy atom. The number of hydrogen-bond donors (Lipinski definition) is 0. The third kappa shape index (κ3) is 6.61. The van der Waals surface area contributed by atoms with Gasteiger partial charge < -0.3 is 4.79 Å². The van der Waals surface area contributed by atoms with Crippen molar-refractivity contribution in [1.82, 2.24) is 0 Å². The van der Waals surface area contributed by atoms with E-state index >= 15 is 0 Å². The predicted octanol–water partition coefficient (Wildman–Crippen LogP) is 1.01. The zero-order valence-corrected chi connectivity index (χ0v) is 8.40. The minimum Gasteiger partial charge on any atom is -0.303 e. The molecular weight excluding hydrogens is 200 g/mol. The summed E-state index contributed by atoms with van der Waals surface area (Å²) in [5.41, 5.74) is 0. The summed E-state index contributed by atoms with van der Waals surface area (Å²) in [6.45, 7) is 0. The van der Waals surface area contributed by atoms with E-state index in [1.54, 1.807) is 0 Å². The molecule has 0 amide bonds. The van der Waals surface area contributed by atoms with Gasteiger partial charge in [-0.3, -0.25) is 0 Å². The van der Waals surface area contributed by atoms with Crippen LogP contribution in [0.15, 0.2) is 0 Å². The van der Waals surface area contributed by atoms with Crippen LogP contribution in [0.5, 0.6) is 0 Å². The van der Waals surface area contributed by atoms with E-state index in [9.17, 15) is 13.2 Å². The highest BCUT2D eigenvalue weighted by atomic mass is 35.5. The van der Waals surface area contributed by atoms with Gasteiger partial charge in [0, 0.05) is 12.3 Å². The van der Waals surface area contributed by atoms with Gasteiger partial charge in [0.05, 0.1) is 11.5 Å². The Bertz CT molecular complexity index is 211. The zero-order chi connectivity index (χ0) is 9.45. The Morgan fingerprint density at radius 1 is 1.17 bits per heavy atom. The Morgan fingerprint density at radius 2 is 1.83 bits per heavy atom. The smallest absolute Gasteiger partial charge is 0.151 e. The lowest BCUT2D eigenvalue weighted by molar-refractivity contribution is -0.107. The van der Waals surface area contributed by atoms with Crippen LogP contribution in [0.4, 0.5) is 0 Å². The average molecular weight is 213 g/mol. The number of sulfone groups is 1. The first-order valence-corrected chi connectivity index (χ1v) is 6.18. The lowest BCUT2D eigenvalue weighted by Gasteiger charge is -1.99. The number of halogens is 1. The molecule has 0 aromatic rings. The van der Waals surface area contributed by atoms with E-state index in [2.05, 4.69) is 0 Å². The highest BCUT2D eigenvalue weighted by Crippen LogP contribution is 1.99. The van der Waals surface area contributed by atoms with Gasteiger partial charge in [0.25, 0.3) is 0 Å².